The molecule has 3 rings (SSSR count). The fourth-order valence-electron chi connectivity index (χ4n) is 3.85. The summed E-state index contributed by atoms with van der Waals surface area (Å²) in [5.74, 6) is 0.650. The van der Waals surface area contributed by atoms with Gasteiger partial charge in [-0.1, -0.05) is 13.8 Å². The predicted octanol–water partition coefficient (Wildman–Crippen LogP) is 2.00. The SMILES string of the molecule is CC(C)CN1CCO[C@@H](CNC(=O)N2CCCC[C@H]2c2cn[nH]c2)C1. The fraction of sp³-hybridized carbons (Fsp3) is 0.778. The van der Waals surface area contributed by atoms with Gasteiger partial charge in [0.25, 0.3) is 0 Å². The first-order valence-electron chi connectivity index (χ1n) is 9.50. The van der Waals surface area contributed by atoms with Gasteiger partial charge in [-0.15, -0.1) is 0 Å². The Labute approximate surface area is 150 Å². The second-order valence-corrected chi connectivity index (χ2v) is 7.57. The van der Waals surface area contributed by atoms with E-state index in [9.17, 15) is 4.79 Å². The van der Waals surface area contributed by atoms with Crippen molar-refractivity contribution in [3.63, 3.8) is 0 Å². The minimum Gasteiger partial charge on any atom is -0.374 e. The van der Waals surface area contributed by atoms with Crippen molar-refractivity contribution >= 4 is 6.03 Å². The molecule has 7 heteroatoms. The first-order chi connectivity index (χ1) is 12.1. The van der Waals surface area contributed by atoms with E-state index in [-0.39, 0.29) is 18.2 Å². The van der Waals surface area contributed by atoms with Gasteiger partial charge in [0.15, 0.2) is 0 Å². The van der Waals surface area contributed by atoms with Crippen LogP contribution in [0.25, 0.3) is 0 Å². The van der Waals surface area contributed by atoms with Gasteiger partial charge in [-0.3, -0.25) is 10.00 Å². The van der Waals surface area contributed by atoms with E-state index in [1.54, 1.807) is 0 Å². The highest BCUT2D eigenvalue weighted by Gasteiger charge is 2.29. The maximum absolute atomic E-state index is 12.7. The lowest BCUT2D eigenvalue weighted by atomic mass is 9.98. The van der Waals surface area contributed by atoms with Gasteiger partial charge in [0, 0.05) is 44.5 Å². The average molecular weight is 349 g/mol. The largest absolute Gasteiger partial charge is 0.374 e. The Bertz CT molecular complexity index is 534. The Morgan fingerprint density at radius 3 is 3.08 bits per heavy atom. The van der Waals surface area contributed by atoms with E-state index in [0.29, 0.717) is 12.5 Å². The molecule has 2 fully saturated rings. The molecular formula is C18H31N5O2. The molecular weight excluding hydrogens is 318 g/mol. The number of aromatic nitrogens is 2. The maximum Gasteiger partial charge on any atom is 0.318 e. The van der Waals surface area contributed by atoms with Crippen LogP contribution in [0.3, 0.4) is 0 Å². The molecule has 7 nitrogen and oxygen atoms in total. The molecule has 0 radical (unpaired) electrons. The van der Waals surface area contributed by atoms with Crippen LogP contribution in [-0.2, 0) is 4.74 Å². The lowest BCUT2D eigenvalue weighted by molar-refractivity contribution is -0.0296. The zero-order chi connectivity index (χ0) is 17.6. The van der Waals surface area contributed by atoms with Gasteiger partial charge in [-0.2, -0.15) is 5.10 Å². The highest BCUT2D eigenvalue weighted by molar-refractivity contribution is 5.74. The molecule has 0 saturated carbocycles. The number of H-pyrrole nitrogens is 1. The van der Waals surface area contributed by atoms with Crippen molar-refractivity contribution < 1.29 is 9.53 Å². The standard InChI is InChI=1S/C18H31N5O2/c1-14(2)12-22-7-8-25-16(13-22)11-19-18(24)23-6-4-3-5-17(23)15-9-20-21-10-15/h9-10,14,16-17H,3-8,11-13H2,1-2H3,(H,19,24)(H,20,21)/t16-,17-/m0/s1. The minimum atomic E-state index is 0.00971. The van der Waals surface area contributed by atoms with E-state index in [1.807, 2.05) is 17.3 Å². The van der Waals surface area contributed by atoms with Crippen molar-refractivity contribution in [2.75, 3.05) is 39.3 Å². The number of amides is 2. The van der Waals surface area contributed by atoms with Crippen molar-refractivity contribution in [3.8, 4) is 0 Å². The molecule has 2 amide bonds. The highest BCUT2D eigenvalue weighted by atomic mass is 16.5. The molecule has 2 N–H and O–H groups in total. The summed E-state index contributed by atoms with van der Waals surface area (Å²) in [6.07, 6.45) is 7.00. The normalized spacial score (nSPS) is 25.3. The number of hydrogen-bond donors (Lipinski definition) is 2. The van der Waals surface area contributed by atoms with Crippen LogP contribution in [0, 0.1) is 5.92 Å². The van der Waals surface area contributed by atoms with Gasteiger partial charge >= 0.3 is 6.03 Å². The van der Waals surface area contributed by atoms with Crippen molar-refractivity contribution in [1.29, 1.82) is 0 Å². The number of urea groups is 1. The molecule has 2 aliphatic rings. The van der Waals surface area contributed by atoms with E-state index in [4.69, 9.17) is 4.74 Å². The third kappa shape index (κ3) is 4.95. The summed E-state index contributed by atoms with van der Waals surface area (Å²) < 4.78 is 5.84. The molecule has 0 unspecified atom stereocenters. The third-order valence-electron chi connectivity index (χ3n) is 5.00. The van der Waals surface area contributed by atoms with E-state index in [2.05, 4.69) is 34.3 Å². The van der Waals surface area contributed by atoms with Gasteiger partial charge in [-0.05, 0) is 25.2 Å². The number of nitrogens with one attached hydrogen (secondary N) is 2. The lowest BCUT2D eigenvalue weighted by Crippen LogP contribution is -2.51. The van der Waals surface area contributed by atoms with Crippen molar-refractivity contribution in [1.82, 2.24) is 25.3 Å². The molecule has 140 valence electrons. The summed E-state index contributed by atoms with van der Waals surface area (Å²) in [5.41, 5.74) is 1.09. The summed E-state index contributed by atoms with van der Waals surface area (Å²) in [5, 5.41) is 9.98. The highest BCUT2D eigenvalue weighted by Crippen LogP contribution is 2.30. The Morgan fingerprint density at radius 1 is 1.44 bits per heavy atom. The zero-order valence-electron chi connectivity index (χ0n) is 15.4. The van der Waals surface area contributed by atoms with Crippen molar-refractivity contribution in [2.24, 2.45) is 5.92 Å². The van der Waals surface area contributed by atoms with E-state index >= 15 is 0 Å². The maximum atomic E-state index is 12.7. The molecule has 25 heavy (non-hydrogen) atoms. The molecule has 1 aromatic rings. The summed E-state index contributed by atoms with van der Waals surface area (Å²) >= 11 is 0. The fourth-order valence-corrected chi connectivity index (χ4v) is 3.85. The van der Waals surface area contributed by atoms with Crippen LogP contribution < -0.4 is 5.32 Å². The van der Waals surface area contributed by atoms with Crippen LogP contribution in [-0.4, -0.2) is 71.5 Å². The van der Waals surface area contributed by atoms with Gasteiger partial charge < -0.3 is 15.0 Å². The Kier molecular flexibility index (Phi) is 6.31. The monoisotopic (exact) mass is 349 g/mol. The molecule has 3 heterocycles. The first-order valence-corrected chi connectivity index (χ1v) is 9.50. The number of carbonyl (C=O) groups excluding carboxylic acids is 1. The second kappa shape index (κ2) is 8.67. The Balaban J connectivity index is 1.51. The van der Waals surface area contributed by atoms with Gasteiger partial charge in [0.1, 0.15) is 0 Å². The van der Waals surface area contributed by atoms with E-state index in [1.165, 1.54) is 0 Å². The number of carbonyl (C=O) groups is 1. The zero-order valence-corrected chi connectivity index (χ0v) is 15.4. The van der Waals surface area contributed by atoms with Crippen molar-refractivity contribution in [2.45, 2.75) is 45.3 Å². The van der Waals surface area contributed by atoms with Gasteiger partial charge in [0.2, 0.25) is 0 Å². The van der Waals surface area contributed by atoms with Crippen LogP contribution in [0.5, 0.6) is 0 Å². The number of hydrogen-bond acceptors (Lipinski definition) is 4. The second-order valence-electron chi connectivity index (χ2n) is 7.57. The number of nitrogens with zero attached hydrogens (tertiary/aromatic N) is 3. The van der Waals surface area contributed by atoms with Gasteiger partial charge in [0.05, 0.1) is 24.9 Å². The number of rotatable bonds is 5. The topological polar surface area (TPSA) is 73.5 Å². The number of aromatic amines is 1. The third-order valence-corrected chi connectivity index (χ3v) is 5.00. The van der Waals surface area contributed by atoms with Crippen molar-refractivity contribution in [3.05, 3.63) is 18.0 Å². The van der Waals surface area contributed by atoms with Gasteiger partial charge in [-0.25, -0.2) is 4.79 Å². The molecule has 2 atom stereocenters. The smallest absolute Gasteiger partial charge is 0.318 e. The summed E-state index contributed by atoms with van der Waals surface area (Å²) in [4.78, 5) is 17.1. The molecule has 2 saturated heterocycles. The lowest BCUT2D eigenvalue weighted by Gasteiger charge is -2.37. The minimum absolute atomic E-state index is 0.00971. The van der Waals surface area contributed by atoms with Crippen LogP contribution in [0.4, 0.5) is 4.79 Å². The average Bonchev–Trinajstić information content (AvgIpc) is 3.14. The Morgan fingerprint density at radius 2 is 2.32 bits per heavy atom. The molecule has 2 aliphatic heterocycles. The number of piperidine rings is 1. The number of likely N-dealkylation sites (tertiary alicyclic amines) is 1. The summed E-state index contributed by atoms with van der Waals surface area (Å²) in [6, 6.07) is 0.132. The number of ether oxygens (including phenoxy) is 1. The predicted molar refractivity (Wildman–Crippen MR) is 96.3 cm³/mol. The first kappa shape index (κ1) is 18.2. The van der Waals surface area contributed by atoms with Crippen LogP contribution in [0.2, 0.25) is 0 Å². The molecule has 1 aromatic heterocycles. The molecule has 0 spiro atoms. The summed E-state index contributed by atoms with van der Waals surface area (Å²) in [6.45, 7) is 9.55. The van der Waals surface area contributed by atoms with Crippen LogP contribution >= 0.6 is 0 Å². The quantitative estimate of drug-likeness (QED) is 0.853. The van der Waals surface area contributed by atoms with Crippen LogP contribution in [0.15, 0.2) is 12.4 Å². The van der Waals surface area contributed by atoms with E-state index < -0.39 is 0 Å². The number of morpholine rings is 1. The Hall–Kier alpha value is -1.60. The molecule has 0 bridgehead atoms. The summed E-state index contributed by atoms with van der Waals surface area (Å²) in [7, 11) is 0. The van der Waals surface area contributed by atoms with E-state index in [0.717, 1.165) is 57.6 Å². The van der Waals surface area contributed by atoms with Crippen LogP contribution in [0.1, 0.15) is 44.7 Å². The molecule has 0 aromatic carbocycles. The molecule has 0 aliphatic carbocycles.